The van der Waals surface area contributed by atoms with E-state index in [2.05, 4.69) is 15.6 Å². The predicted octanol–water partition coefficient (Wildman–Crippen LogP) is 3.30. The molecule has 26 heavy (non-hydrogen) atoms. The number of anilines is 2. The smallest absolute Gasteiger partial charge is 0.255 e. The number of aromatic nitrogens is 2. The Labute approximate surface area is 149 Å². The zero-order valence-corrected chi connectivity index (χ0v) is 13.9. The first-order valence-electron chi connectivity index (χ1n) is 8.03. The van der Waals surface area contributed by atoms with Gasteiger partial charge in [-0.25, -0.2) is 9.37 Å². The number of hydrogen-bond donors (Lipinski definition) is 2. The maximum atomic E-state index is 13.6. The first-order chi connectivity index (χ1) is 12.6. The zero-order valence-electron chi connectivity index (χ0n) is 13.9. The number of amides is 2. The van der Waals surface area contributed by atoms with Crippen molar-refractivity contribution in [2.24, 2.45) is 0 Å². The fourth-order valence-electron chi connectivity index (χ4n) is 2.37. The largest absolute Gasteiger partial charge is 0.337 e. The van der Waals surface area contributed by atoms with Crippen LogP contribution in [0.25, 0.3) is 0 Å². The van der Waals surface area contributed by atoms with E-state index in [9.17, 15) is 14.0 Å². The molecule has 0 aliphatic heterocycles. The van der Waals surface area contributed by atoms with Crippen LogP contribution in [0.3, 0.4) is 0 Å². The third-order valence-electron chi connectivity index (χ3n) is 3.69. The van der Waals surface area contributed by atoms with Crippen molar-refractivity contribution in [1.82, 2.24) is 9.55 Å². The van der Waals surface area contributed by atoms with Gasteiger partial charge in [-0.2, -0.15) is 0 Å². The van der Waals surface area contributed by atoms with Gasteiger partial charge >= 0.3 is 0 Å². The van der Waals surface area contributed by atoms with Crippen molar-refractivity contribution in [2.45, 2.75) is 13.0 Å². The second-order valence-electron chi connectivity index (χ2n) is 5.61. The van der Waals surface area contributed by atoms with Crippen LogP contribution in [-0.2, 0) is 11.3 Å². The third kappa shape index (κ3) is 4.54. The van der Waals surface area contributed by atoms with Crippen LogP contribution < -0.4 is 10.6 Å². The molecular formula is C19H17FN4O2. The molecule has 0 bridgehead atoms. The lowest BCUT2D eigenvalue weighted by Crippen LogP contribution is -2.16. The van der Waals surface area contributed by atoms with Crippen molar-refractivity contribution >= 4 is 23.2 Å². The number of rotatable bonds is 6. The van der Waals surface area contributed by atoms with Crippen LogP contribution in [0, 0.1) is 5.82 Å². The number of imidazole rings is 1. The number of hydrogen-bond acceptors (Lipinski definition) is 3. The highest BCUT2D eigenvalue weighted by molar-refractivity contribution is 6.05. The van der Waals surface area contributed by atoms with E-state index in [1.807, 2.05) is 0 Å². The molecule has 3 aromatic rings. The van der Waals surface area contributed by atoms with Gasteiger partial charge in [0.15, 0.2) is 0 Å². The molecule has 3 rings (SSSR count). The summed E-state index contributed by atoms with van der Waals surface area (Å²) in [6.45, 7) is 0.513. The van der Waals surface area contributed by atoms with E-state index in [0.29, 0.717) is 17.8 Å². The van der Waals surface area contributed by atoms with E-state index in [4.69, 9.17) is 0 Å². The summed E-state index contributed by atoms with van der Waals surface area (Å²) in [6.07, 6.45) is 5.35. The van der Waals surface area contributed by atoms with Crippen molar-refractivity contribution in [3.05, 3.63) is 78.6 Å². The summed E-state index contributed by atoms with van der Waals surface area (Å²) in [5.74, 6) is -1.14. The SMILES string of the molecule is O=C(CCn1ccnc1)Nc1cccc(C(=O)Nc2ccccc2F)c1. The molecule has 0 fully saturated rings. The Morgan fingerprint density at radius 1 is 1.08 bits per heavy atom. The standard InChI is InChI=1S/C19H17FN4O2/c20-16-6-1-2-7-17(16)23-19(26)14-4-3-5-15(12-14)22-18(25)8-10-24-11-9-21-13-24/h1-7,9,11-13H,8,10H2,(H,22,25)(H,23,26). The number of benzene rings is 2. The minimum absolute atomic E-state index is 0.104. The molecule has 0 saturated heterocycles. The number of aryl methyl sites for hydroxylation is 1. The predicted molar refractivity (Wildman–Crippen MR) is 96.3 cm³/mol. The number of nitrogens with one attached hydrogen (secondary N) is 2. The van der Waals surface area contributed by atoms with Gasteiger partial charge < -0.3 is 15.2 Å². The molecule has 2 amide bonds. The molecule has 0 atom stereocenters. The minimum Gasteiger partial charge on any atom is -0.337 e. The molecule has 2 N–H and O–H groups in total. The summed E-state index contributed by atoms with van der Waals surface area (Å²) in [4.78, 5) is 28.2. The molecule has 0 aliphatic carbocycles. The van der Waals surface area contributed by atoms with Gasteiger partial charge in [0.05, 0.1) is 12.0 Å². The van der Waals surface area contributed by atoms with Crippen molar-refractivity contribution in [1.29, 1.82) is 0 Å². The number of para-hydroxylation sites is 1. The van der Waals surface area contributed by atoms with Gasteiger partial charge in [0.1, 0.15) is 5.82 Å². The average Bonchev–Trinajstić information content (AvgIpc) is 3.16. The Hall–Kier alpha value is -3.48. The van der Waals surface area contributed by atoms with E-state index < -0.39 is 11.7 Å². The highest BCUT2D eigenvalue weighted by atomic mass is 19.1. The van der Waals surface area contributed by atoms with E-state index >= 15 is 0 Å². The summed E-state index contributed by atoms with van der Waals surface area (Å²) >= 11 is 0. The van der Waals surface area contributed by atoms with Crippen LogP contribution >= 0.6 is 0 Å². The topological polar surface area (TPSA) is 76.0 Å². The Balaban J connectivity index is 1.61. The van der Waals surface area contributed by atoms with E-state index in [1.54, 1.807) is 59.7 Å². The van der Waals surface area contributed by atoms with E-state index in [0.717, 1.165) is 0 Å². The summed E-state index contributed by atoms with van der Waals surface area (Å²) in [5, 5.41) is 5.26. The maximum absolute atomic E-state index is 13.6. The molecule has 1 aromatic heterocycles. The van der Waals surface area contributed by atoms with Crippen molar-refractivity contribution in [3.8, 4) is 0 Å². The molecule has 0 aliphatic rings. The number of halogens is 1. The maximum Gasteiger partial charge on any atom is 0.255 e. The molecule has 0 unspecified atom stereocenters. The lowest BCUT2D eigenvalue weighted by atomic mass is 10.1. The van der Waals surface area contributed by atoms with Crippen molar-refractivity contribution in [3.63, 3.8) is 0 Å². The second-order valence-corrected chi connectivity index (χ2v) is 5.61. The zero-order chi connectivity index (χ0) is 18.4. The average molecular weight is 352 g/mol. The lowest BCUT2D eigenvalue weighted by molar-refractivity contribution is -0.116. The third-order valence-corrected chi connectivity index (χ3v) is 3.69. The molecule has 0 saturated carbocycles. The first kappa shape index (κ1) is 17.3. The first-order valence-corrected chi connectivity index (χ1v) is 8.03. The van der Waals surface area contributed by atoms with Crippen LogP contribution in [0.4, 0.5) is 15.8 Å². The van der Waals surface area contributed by atoms with Gasteiger partial charge in [-0.15, -0.1) is 0 Å². The molecule has 0 radical (unpaired) electrons. The van der Waals surface area contributed by atoms with Gasteiger partial charge in [0.25, 0.3) is 5.91 Å². The number of carbonyl (C=O) groups is 2. The molecule has 0 spiro atoms. The van der Waals surface area contributed by atoms with Crippen LogP contribution in [0.2, 0.25) is 0 Å². The van der Waals surface area contributed by atoms with Crippen molar-refractivity contribution in [2.75, 3.05) is 10.6 Å². The molecule has 6 nitrogen and oxygen atoms in total. The van der Waals surface area contributed by atoms with Crippen LogP contribution in [-0.4, -0.2) is 21.4 Å². The monoisotopic (exact) mass is 352 g/mol. The van der Waals surface area contributed by atoms with Crippen molar-refractivity contribution < 1.29 is 14.0 Å². The normalized spacial score (nSPS) is 10.3. The fourth-order valence-corrected chi connectivity index (χ4v) is 2.37. The number of carbonyl (C=O) groups excluding carboxylic acids is 2. The van der Waals surface area contributed by atoms with Crippen LogP contribution in [0.5, 0.6) is 0 Å². The van der Waals surface area contributed by atoms with E-state index in [1.165, 1.54) is 12.1 Å². The summed E-state index contributed by atoms with van der Waals surface area (Å²) in [7, 11) is 0. The van der Waals surface area contributed by atoms with Gasteiger partial charge in [-0.05, 0) is 30.3 Å². The Morgan fingerprint density at radius 2 is 1.92 bits per heavy atom. The highest BCUT2D eigenvalue weighted by Crippen LogP contribution is 2.16. The Morgan fingerprint density at radius 3 is 2.69 bits per heavy atom. The van der Waals surface area contributed by atoms with Gasteiger partial charge in [0.2, 0.25) is 5.91 Å². The Kier molecular flexibility index (Phi) is 5.38. The molecule has 132 valence electrons. The summed E-state index contributed by atoms with van der Waals surface area (Å²) in [5.41, 5.74) is 0.926. The van der Waals surface area contributed by atoms with Gasteiger partial charge in [-0.1, -0.05) is 18.2 Å². The van der Waals surface area contributed by atoms with E-state index in [-0.39, 0.29) is 18.0 Å². The highest BCUT2D eigenvalue weighted by Gasteiger charge is 2.10. The quantitative estimate of drug-likeness (QED) is 0.715. The van der Waals surface area contributed by atoms with Gasteiger partial charge in [0, 0.05) is 36.6 Å². The van der Waals surface area contributed by atoms with Crippen LogP contribution in [0.15, 0.2) is 67.3 Å². The number of nitrogens with zero attached hydrogens (tertiary/aromatic N) is 2. The summed E-state index contributed by atoms with van der Waals surface area (Å²) in [6, 6.07) is 12.4. The minimum atomic E-state index is -0.509. The molecular weight excluding hydrogens is 335 g/mol. The fraction of sp³-hybridized carbons (Fsp3) is 0.105. The van der Waals surface area contributed by atoms with Crippen LogP contribution in [0.1, 0.15) is 16.8 Å². The summed E-state index contributed by atoms with van der Waals surface area (Å²) < 4.78 is 15.4. The molecule has 2 aromatic carbocycles. The molecule has 7 heteroatoms. The van der Waals surface area contributed by atoms with Gasteiger partial charge in [-0.3, -0.25) is 9.59 Å². The lowest BCUT2D eigenvalue weighted by Gasteiger charge is -2.09. The Bertz CT molecular complexity index is 909. The molecule has 1 heterocycles. The second kappa shape index (κ2) is 8.06.